The fourth-order valence-corrected chi connectivity index (χ4v) is 3.04. The lowest BCUT2D eigenvalue weighted by molar-refractivity contribution is 0.270. The molecule has 3 rings (SSSR count). The Labute approximate surface area is 161 Å². The van der Waals surface area contributed by atoms with Gasteiger partial charge in [-0.15, -0.1) is 0 Å². The van der Waals surface area contributed by atoms with Gasteiger partial charge < -0.3 is 16.6 Å². The number of halogens is 2. The summed E-state index contributed by atoms with van der Waals surface area (Å²) in [6, 6.07) is 9.08. The van der Waals surface area contributed by atoms with E-state index in [0.29, 0.717) is 28.9 Å². The van der Waals surface area contributed by atoms with Gasteiger partial charge in [0.2, 0.25) is 5.95 Å². The van der Waals surface area contributed by atoms with E-state index < -0.39 is 18.4 Å². The van der Waals surface area contributed by atoms with Crippen LogP contribution in [-0.4, -0.2) is 27.4 Å². The van der Waals surface area contributed by atoms with Crippen LogP contribution in [0.2, 0.25) is 0 Å². The molecule has 1 aromatic heterocycles. The monoisotopic (exact) mass is 385 g/mol. The molecule has 0 radical (unpaired) electrons. The van der Waals surface area contributed by atoms with Gasteiger partial charge >= 0.3 is 0 Å². The highest BCUT2D eigenvalue weighted by molar-refractivity contribution is 6.05. The zero-order valence-corrected chi connectivity index (χ0v) is 15.6. The van der Waals surface area contributed by atoms with Crippen molar-refractivity contribution in [1.82, 2.24) is 9.55 Å². The molecule has 0 aliphatic rings. The summed E-state index contributed by atoms with van der Waals surface area (Å²) in [5.74, 6) is -1.23. The third-order valence-electron chi connectivity index (χ3n) is 4.51. The van der Waals surface area contributed by atoms with E-state index in [9.17, 15) is 9.50 Å². The summed E-state index contributed by atoms with van der Waals surface area (Å²) in [6.45, 7) is 1.35. The highest BCUT2D eigenvalue weighted by Gasteiger charge is 2.21. The van der Waals surface area contributed by atoms with Crippen molar-refractivity contribution in [2.45, 2.75) is 20.0 Å². The maximum atomic E-state index is 15.0. The predicted molar refractivity (Wildman–Crippen MR) is 106 cm³/mol. The number of nitrogens with zero attached hydrogens (tertiary/aromatic N) is 3. The molecular weight excluding hydrogens is 364 g/mol. The number of nitrogens with two attached hydrogens (primary N) is 2. The molecular formula is C20H21F2N5O. The van der Waals surface area contributed by atoms with E-state index in [0.717, 1.165) is 5.71 Å². The van der Waals surface area contributed by atoms with Gasteiger partial charge in [0, 0.05) is 29.6 Å². The summed E-state index contributed by atoms with van der Waals surface area (Å²) < 4.78 is 30.2. The fourth-order valence-electron chi connectivity index (χ4n) is 3.04. The number of aromatic nitrogens is 2. The Bertz CT molecular complexity index is 1060. The first-order valence-electron chi connectivity index (χ1n) is 8.70. The standard InChI is InChI=1S/C20H21F2N5O/c1-3-17(25-2)13-9-12(5-7-15(13)23)27-19(22)18(10-28)26-20(27)11-4-6-16(24)14(21)8-11/h4-9,28H,3,10,23-24H2,1-2H3. The van der Waals surface area contributed by atoms with E-state index in [4.69, 9.17) is 11.5 Å². The normalized spacial score (nSPS) is 11.8. The molecule has 0 fully saturated rings. The Morgan fingerprint density at radius 3 is 2.46 bits per heavy atom. The molecule has 0 aliphatic carbocycles. The van der Waals surface area contributed by atoms with Crippen molar-refractivity contribution in [3.05, 3.63) is 59.4 Å². The van der Waals surface area contributed by atoms with E-state index in [2.05, 4.69) is 9.98 Å². The van der Waals surface area contributed by atoms with E-state index in [1.807, 2.05) is 6.92 Å². The Balaban J connectivity index is 2.26. The number of aliphatic hydroxyl groups is 1. The molecule has 0 unspecified atom stereocenters. The minimum absolute atomic E-state index is 0.0220. The molecule has 0 atom stereocenters. The first kappa shape index (κ1) is 19.5. The van der Waals surface area contributed by atoms with E-state index in [1.54, 1.807) is 31.3 Å². The number of hydrogen-bond donors (Lipinski definition) is 3. The number of benzene rings is 2. The lowest BCUT2D eigenvalue weighted by Gasteiger charge is -2.13. The van der Waals surface area contributed by atoms with Crippen molar-refractivity contribution in [1.29, 1.82) is 0 Å². The molecule has 146 valence electrons. The van der Waals surface area contributed by atoms with E-state index in [1.165, 1.54) is 16.7 Å². The molecule has 3 aromatic rings. The number of imidazole rings is 1. The molecule has 0 spiro atoms. The predicted octanol–water partition coefficient (Wildman–Crippen LogP) is 3.30. The van der Waals surface area contributed by atoms with Gasteiger partial charge in [-0.25, -0.2) is 9.37 Å². The number of anilines is 2. The number of nitrogen functional groups attached to an aromatic ring is 2. The minimum Gasteiger partial charge on any atom is -0.398 e. The van der Waals surface area contributed by atoms with Gasteiger partial charge in [-0.1, -0.05) is 6.92 Å². The van der Waals surface area contributed by atoms with E-state index in [-0.39, 0.29) is 17.2 Å². The first-order valence-corrected chi connectivity index (χ1v) is 8.70. The minimum atomic E-state index is -0.739. The summed E-state index contributed by atoms with van der Waals surface area (Å²) >= 11 is 0. The third-order valence-corrected chi connectivity index (χ3v) is 4.51. The molecule has 5 N–H and O–H groups in total. The Kier molecular flexibility index (Phi) is 5.41. The molecule has 2 aromatic carbocycles. The van der Waals surface area contributed by atoms with Gasteiger partial charge in [-0.05, 0) is 42.8 Å². The van der Waals surface area contributed by atoms with Crippen LogP contribution in [0.15, 0.2) is 41.4 Å². The molecule has 1 heterocycles. The highest BCUT2D eigenvalue weighted by Crippen LogP contribution is 2.29. The highest BCUT2D eigenvalue weighted by atomic mass is 19.1. The molecule has 8 heteroatoms. The van der Waals surface area contributed by atoms with Crippen molar-refractivity contribution in [2.24, 2.45) is 4.99 Å². The summed E-state index contributed by atoms with van der Waals surface area (Å²) in [6.07, 6.45) is 0.647. The zero-order chi connectivity index (χ0) is 20.4. The second-order valence-corrected chi connectivity index (χ2v) is 6.20. The summed E-state index contributed by atoms with van der Waals surface area (Å²) in [4.78, 5) is 8.38. The number of hydrogen-bond acceptors (Lipinski definition) is 5. The fraction of sp³-hybridized carbons (Fsp3) is 0.200. The summed E-state index contributed by atoms with van der Waals surface area (Å²) in [5.41, 5.74) is 14.1. The second kappa shape index (κ2) is 7.77. The van der Waals surface area contributed by atoms with Crippen LogP contribution >= 0.6 is 0 Å². The third kappa shape index (κ3) is 3.34. The number of aliphatic hydroxyl groups excluding tert-OH is 1. The lowest BCUT2D eigenvalue weighted by atomic mass is 10.0. The lowest BCUT2D eigenvalue weighted by Crippen LogP contribution is -2.08. The van der Waals surface area contributed by atoms with Crippen LogP contribution in [0.5, 0.6) is 0 Å². The molecule has 0 aliphatic heterocycles. The Morgan fingerprint density at radius 1 is 1.14 bits per heavy atom. The Hall–Kier alpha value is -3.26. The van der Waals surface area contributed by atoms with Crippen molar-refractivity contribution >= 4 is 17.1 Å². The average Bonchev–Trinajstić information content (AvgIpc) is 3.03. The average molecular weight is 385 g/mol. The molecule has 0 saturated heterocycles. The largest absolute Gasteiger partial charge is 0.398 e. The summed E-state index contributed by atoms with van der Waals surface area (Å²) in [5, 5.41) is 9.46. The van der Waals surface area contributed by atoms with Gasteiger partial charge in [0.25, 0.3) is 0 Å². The van der Waals surface area contributed by atoms with Crippen molar-refractivity contribution in [2.75, 3.05) is 18.5 Å². The van der Waals surface area contributed by atoms with Crippen LogP contribution < -0.4 is 11.5 Å². The number of rotatable bonds is 5. The van der Waals surface area contributed by atoms with Gasteiger partial charge in [0.15, 0.2) is 0 Å². The topological polar surface area (TPSA) is 102 Å². The quantitative estimate of drug-likeness (QED) is 0.463. The molecule has 6 nitrogen and oxygen atoms in total. The van der Waals surface area contributed by atoms with Gasteiger partial charge in [0.1, 0.15) is 17.3 Å². The van der Waals surface area contributed by atoms with Crippen LogP contribution in [-0.2, 0) is 6.61 Å². The van der Waals surface area contributed by atoms with Crippen molar-refractivity contribution in [3.63, 3.8) is 0 Å². The maximum absolute atomic E-state index is 15.0. The molecule has 28 heavy (non-hydrogen) atoms. The van der Waals surface area contributed by atoms with Crippen LogP contribution in [0, 0.1) is 11.8 Å². The Morgan fingerprint density at radius 2 is 1.86 bits per heavy atom. The van der Waals surface area contributed by atoms with Crippen molar-refractivity contribution in [3.8, 4) is 17.1 Å². The van der Waals surface area contributed by atoms with Gasteiger partial charge in [-0.2, -0.15) is 4.39 Å². The SMILES string of the molecule is CCC(=NC)c1cc(-n2c(-c3ccc(N)c(F)c3)nc(CO)c2F)ccc1N. The molecule has 0 saturated carbocycles. The van der Waals surface area contributed by atoms with Gasteiger partial charge in [-0.3, -0.25) is 9.56 Å². The van der Waals surface area contributed by atoms with Crippen LogP contribution in [0.3, 0.4) is 0 Å². The van der Waals surface area contributed by atoms with E-state index >= 15 is 4.39 Å². The molecule has 0 amide bonds. The molecule has 0 bridgehead atoms. The van der Waals surface area contributed by atoms with Gasteiger partial charge in [0.05, 0.1) is 18.0 Å². The zero-order valence-electron chi connectivity index (χ0n) is 15.6. The van der Waals surface area contributed by atoms with Crippen LogP contribution in [0.1, 0.15) is 24.6 Å². The maximum Gasteiger partial charge on any atom is 0.224 e. The first-order chi connectivity index (χ1) is 13.4. The van der Waals surface area contributed by atoms with Crippen LogP contribution in [0.25, 0.3) is 17.1 Å². The summed E-state index contributed by atoms with van der Waals surface area (Å²) in [7, 11) is 1.66. The van der Waals surface area contributed by atoms with Crippen molar-refractivity contribution < 1.29 is 13.9 Å². The smallest absolute Gasteiger partial charge is 0.224 e. The second-order valence-electron chi connectivity index (χ2n) is 6.20. The number of aliphatic imine (C=N–C) groups is 1. The van der Waals surface area contributed by atoms with Crippen LogP contribution in [0.4, 0.5) is 20.2 Å².